The smallest absolute Gasteiger partial charge is 0.394 e. The van der Waals surface area contributed by atoms with Crippen molar-refractivity contribution in [3.63, 3.8) is 0 Å². The standard InChI is InChI=1S/C22H24F3NO2S/c1-16-4-2-5-17(12-16)6-3-11-29-20-8-7-18(13-19(20)22(23,24)25)9-10-21(26,14-27)15-28/h2,4-5,7-8,12-13,27-28H,9-11,14-15,26H2,1H3. The van der Waals surface area contributed by atoms with Gasteiger partial charge in [-0.15, -0.1) is 11.8 Å². The summed E-state index contributed by atoms with van der Waals surface area (Å²) in [5, 5.41) is 18.5. The molecule has 0 bridgehead atoms. The van der Waals surface area contributed by atoms with E-state index in [1.165, 1.54) is 6.07 Å². The highest BCUT2D eigenvalue weighted by Crippen LogP contribution is 2.37. The van der Waals surface area contributed by atoms with Crippen molar-refractivity contribution in [1.82, 2.24) is 0 Å². The highest BCUT2D eigenvalue weighted by atomic mass is 32.2. The third-order valence-corrected chi connectivity index (χ3v) is 5.40. The number of hydrogen-bond donors (Lipinski definition) is 3. The second-order valence-corrected chi connectivity index (χ2v) is 7.98. The third kappa shape index (κ3) is 7.09. The Bertz CT molecular complexity index is 884. The predicted molar refractivity (Wildman–Crippen MR) is 110 cm³/mol. The van der Waals surface area contributed by atoms with Gasteiger partial charge in [-0.05, 0) is 55.2 Å². The van der Waals surface area contributed by atoms with Crippen LogP contribution in [0, 0.1) is 18.8 Å². The van der Waals surface area contributed by atoms with Crippen molar-refractivity contribution in [3.05, 3.63) is 64.7 Å². The summed E-state index contributed by atoms with van der Waals surface area (Å²) in [6.45, 7) is 1.07. The fraction of sp³-hybridized carbons (Fsp3) is 0.364. The molecule has 0 amide bonds. The van der Waals surface area contributed by atoms with Crippen LogP contribution in [0.1, 0.15) is 28.7 Å². The zero-order valence-corrected chi connectivity index (χ0v) is 16.9. The lowest BCUT2D eigenvalue weighted by atomic mass is 9.93. The molecule has 0 atom stereocenters. The zero-order valence-electron chi connectivity index (χ0n) is 16.1. The van der Waals surface area contributed by atoms with Crippen LogP contribution in [0.15, 0.2) is 47.4 Å². The van der Waals surface area contributed by atoms with Crippen LogP contribution in [-0.4, -0.2) is 34.7 Å². The summed E-state index contributed by atoms with van der Waals surface area (Å²) in [6.07, 6.45) is -4.10. The molecular formula is C22H24F3NO2S. The molecule has 4 N–H and O–H groups in total. The number of benzene rings is 2. The van der Waals surface area contributed by atoms with Crippen molar-refractivity contribution < 1.29 is 23.4 Å². The van der Waals surface area contributed by atoms with E-state index in [1.54, 1.807) is 6.07 Å². The van der Waals surface area contributed by atoms with Crippen molar-refractivity contribution in [3.8, 4) is 11.8 Å². The van der Waals surface area contributed by atoms with Gasteiger partial charge in [0.05, 0.1) is 30.1 Å². The molecular weight excluding hydrogens is 399 g/mol. The van der Waals surface area contributed by atoms with Crippen molar-refractivity contribution in [2.75, 3.05) is 19.0 Å². The lowest BCUT2D eigenvalue weighted by molar-refractivity contribution is -0.139. The van der Waals surface area contributed by atoms with Crippen molar-refractivity contribution >= 4 is 11.8 Å². The van der Waals surface area contributed by atoms with E-state index in [4.69, 9.17) is 5.73 Å². The Balaban J connectivity index is 2.12. The monoisotopic (exact) mass is 423 g/mol. The van der Waals surface area contributed by atoms with Crippen LogP contribution in [0.4, 0.5) is 13.2 Å². The van der Waals surface area contributed by atoms with Crippen molar-refractivity contribution in [1.29, 1.82) is 0 Å². The van der Waals surface area contributed by atoms with Gasteiger partial charge in [-0.25, -0.2) is 0 Å². The maximum atomic E-state index is 13.5. The summed E-state index contributed by atoms with van der Waals surface area (Å²) >= 11 is 1.04. The maximum absolute atomic E-state index is 13.5. The normalized spacial score (nSPS) is 11.8. The average molecular weight is 424 g/mol. The summed E-state index contributed by atoms with van der Waals surface area (Å²) in [5.41, 5.74) is 6.22. The van der Waals surface area contributed by atoms with Crippen LogP contribution in [0.3, 0.4) is 0 Å². The number of thioether (sulfide) groups is 1. The van der Waals surface area contributed by atoms with Gasteiger partial charge in [0.1, 0.15) is 0 Å². The Morgan fingerprint density at radius 1 is 1.07 bits per heavy atom. The number of rotatable bonds is 7. The molecule has 0 fully saturated rings. The molecule has 156 valence electrons. The van der Waals surface area contributed by atoms with Crippen molar-refractivity contribution in [2.45, 2.75) is 36.4 Å². The minimum atomic E-state index is -4.49. The van der Waals surface area contributed by atoms with Crippen LogP contribution in [-0.2, 0) is 12.6 Å². The molecule has 0 unspecified atom stereocenters. The number of nitrogens with two attached hydrogens (primary N) is 1. The first-order valence-corrected chi connectivity index (χ1v) is 10.0. The first-order chi connectivity index (χ1) is 13.7. The topological polar surface area (TPSA) is 66.5 Å². The molecule has 0 saturated heterocycles. The molecule has 0 heterocycles. The van der Waals surface area contributed by atoms with Crippen LogP contribution in [0.25, 0.3) is 0 Å². The summed E-state index contributed by atoms with van der Waals surface area (Å²) < 4.78 is 40.5. The number of aryl methyl sites for hydroxylation is 2. The Hall–Kier alpha value is -1.98. The largest absolute Gasteiger partial charge is 0.417 e. The highest BCUT2D eigenvalue weighted by Gasteiger charge is 2.34. The zero-order chi connectivity index (χ0) is 21.5. The van der Waals surface area contributed by atoms with Gasteiger partial charge in [0.25, 0.3) is 0 Å². The first kappa shape index (κ1) is 23.3. The maximum Gasteiger partial charge on any atom is 0.417 e. The molecule has 2 rings (SSSR count). The molecule has 0 radical (unpaired) electrons. The summed E-state index contributed by atoms with van der Waals surface area (Å²) in [6, 6.07) is 11.8. The lowest BCUT2D eigenvalue weighted by Gasteiger charge is -2.24. The van der Waals surface area contributed by atoms with E-state index in [2.05, 4.69) is 11.8 Å². The van der Waals surface area contributed by atoms with Gasteiger partial charge in [0.2, 0.25) is 0 Å². The highest BCUT2D eigenvalue weighted by molar-refractivity contribution is 7.99. The molecule has 2 aromatic carbocycles. The second kappa shape index (κ2) is 10.2. The minimum absolute atomic E-state index is 0.114. The number of alkyl halides is 3. The number of aliphatic hydroxyl groups excluding tert-OH is 2. The van der Waals surface area contributed by atoms with E-state index in [1.807, 2.05) is 31.2 Å². The minimum Gasteiger partial charge on any atom is -0.394 e. The second-order valence-electron chi connectivity index (χ2n) is 6.97. The van der Waals surface area contributed by atoms with Gasteiger partial charge < -0.3 is 15.9 Å². The lowest BCUT2D eigenvalue weighted by Crippen LogP contribution is -2.47. The van der Waals surface area contributed by atoms with Gasteiger partial charge in [0.15, 0.2) is 0 Å². The molecule has 0 aromatic heterocycles. The van der Waals surface area contributed by atoms with Crippen LogP contribution in [0.5, 0.6) is 0 Å². The number of hydrogen-bond acceptors (Lipinski definition) is 4. The first-order valence-electron chi connectivity index (χ1n) is 9.06. The van der Waals surface area contributed by atoms with E-state index >= 15 is 0 Å². The molecule has 0 spiro atoms. The van der Waals surface area contributed by atoms with Crippen LogP contribution < -0.4 is 5.73 Å². The van der Waals surface area contributed by atoms with Gasteiger partial charge in [-0.3, -0.25) is 0 Å². The molecule has 7 heteroatoms. The summed E-state index contributed by atoms with van der Waals surface area (Å²) in [4.78, 5) is 0.114. The van der Waals surface area contributed by atoms with E-state index in [0.29, 0.717) is 5.56 Å². The molecule has 2 aromatic rings. The van der Waals surface area contributed by atoms with Crippen LogP contribution >= 0.6 is 11.8 Å². The van der Waals surface area contributed by atoms with Crippen LogP contribution in [0.2, 0.25) is 0 Å². The molecule has 0 aliphatic heterocycles. The molecule has 0 aliphatic carbocycles. The molecule has 29 heavy (non-hydrogen) atoms. The summed E-state index contributed by atoms with van der Waals surface area (Å²) in [5.74, 6) is 6.10. The number of halogens is 3. The van der Waals surface area contributed by atoms with E-state index in [9.17, 15) is 23.4 Å². The Morgan fingerprint density at radius 3 is 2.41 bits per heavy atom. The van der Waals surface area contributed by atoms with E-state index in [0.717, 1.165) is 29.0 Å². The van der Waals surface area contributed by atoms with Gasteiger partial charge in [-0.1, -0.05) is 30.0 Å². The Kier molecular flexibility index (Phi) is 8.17. The number of aliphatic hydroxyl groups is 2. The Labute approximate surface area is 173 Å². The fourth-order valence-electron chi connectivity index (χ4n) is 2.66. The average Bonchev–Trinajstić information content (AvgIpc) is 2.69. The van der Waals surface area contributed by atoms with E-state index in [-0.39, 0.29) is 23.5 Å². The Morgan fingerprint density at radius 2 is 1.79 bits per heavy atom. The molecule has 3 nitrogen and oxygen atoms in total. The summed E-state index contributed by atoms with van der Waals surface area (Å²) in [7, 11) is 0. The molecule has 0 aliphatic rings. The van der Waals surface area contributed by atoms with E-state index < -0.39 is 30.5 Å². The quantitative estimate of drug-likeness (QED) is 0.469. The SMILES string of the molecule is Cc1cccc(C#CCSc2ccc(CCC(N)(CO)CO)cc2C(F)(F)F)c1. The van der Waals surface area contributed by atoms with Gasteiger partial charge >= 0.3 is 6.18 Å². The van der Waals surface area contributed by atoms with Crippen molar-refractivity contribution in [2.24, 2.45) is 5.73 Å². The van der Waals surface area contributed by atoms with Gasteiger partial charge in [0, 0.05) is 10.5 Å². The third-order valence-electron chi connectivity index (χ3n) is 4.44. The molecule has 0 saturated carbocycles. The van der Waals surface area contributed by atoms with Gasteiger partial charge in [-0.2, -0.15) is 13.2 Å². The fourth-order valence-corrected chi connectivity index (χ4v) is 3.45. The predicted octanol–water partition coefficient (Wildman–Crippen LogP) is 3.77.